The lowest BCUT2D eigenvalue weighted by Crippen LogP contribution is -2.02. The topological polar surface area (TPSA) is 107 Å². The van der Waals surface area contributed by atoms with E-state index >= 15 is 0 Å². The van der Waals surface area contributed by atoms with Gasteiger partial charge in [-0.3, -0.25) is 0 Å². The first-order chi connectivity index (χ1) is 6.00. The molecule has 0 amide bonds. The number of benzene rings is 1. The molecule has 6 heteroatoms. The van der Waals surface area contributed by atoms with Gasteiger partial charge in [0.25, 0.3) is 0 Å². The molecule has 0 fully saturated rings. The predicted molar refractivity (Wildman–Crippen MR) is 40.1 cm³/mol. The van der Waals surface area contributed by atoms with Crippen LogP contribution in [0.2, 0.25) is 0 Å². The highest BCUT2D eigenvalue weighted by Crippen LogP contribution is 2.38. The average Bonchev–Trinajstić information content (AvgIpc) is 1.98. The van der Waals surface area contributed by atoms with Gasteiger partial charge in [-0.2, -0.15) is 0 Å². The zero-order chi connectivity index (χ0) is 10.0. The summed E-state index contributed by atoms with van der Waals surface area (Å²) in [6.45, 7) is 0. The second-order valence-corrected chi connectivity index (χ2v) is 2.18. The van der Waals surface area contributed by atoms with Gasteiger partial charge in [-0.15, -0.1) is 0 Å². The maximum Gasteiger partial charge on any atom is 0.511 e. The van der Waals surface area contributed by atoms with E-state index in [9.17, 15) is 4.79 Å². The van der Waals surface area contributed by atoms with Crippen LogP contribution in [-0.4, -0.2) is 26.6 Å². The Labute approximate surface area is 72.2 Å². The van der Waals surface area contributed by atoms with Crippen molar-refractivity contribution < 1.29 is 30.0 Å². The molecule has 70 valence electrons. The molecule has 1 aromatic rings. The van der Waals surface area contributed by atoms with Gasteiger partial charge in [0.15, 0.2) is 11.5 Å². The lowest BCUT2D eigenvalue weighted by molar-refractivity contribution is 0.144. The highest BCUT2D eigenvalue weighted by molar-refractivity contribution is 5.63. The Bertz CT molecular complexity index is 322. The summed E-state index contributed by atoms with van der Waals surface area (Å²) >= 11 is 0. The van der Waals surface area contributed by atoms with Gasteiger partial charge in [0.2, 0.25) is 5.75 Å². The van der Waals surface area contributed by atoms with Crippen LogP contribution in [0.4, 0.5) is 4.79 Å². The van der Waals surface area contributed by atoms with Crippen LogP contribution < -0.4 is 4.74 Å². The van der Waals surface area contributed by atoms with Crippen molar-refractivity contribution in [3.05, 3.63) is 12.1 Å². The van der Waals surface area contributed by atoms with E-state index in [0.717, 1.165) is 12.1 Å². The number of carboxylic acid groups (broad SMARTS) is 1. The molecular formula is C7H6O6. The van der Waals surface area contributed by atoms with Crippen molar-refractivity contribution in [2.75, 3.05) is 0 Å². The highest BCUT2D eigenvalue weighted by atomic mass is 16.7. The highest BCUT2D eigenvalue weighted by Gasteiger charge is 2.10. The van der Waals surface area contributed by atoms with E-state index in [1.165, 1.54) is 0 Å². The first kappa shape index (κ1) is 8.98. The fourth-order valence-electron chi connectivity index (χ4n) is 0.739. The number of carbonyl (C=O) groups is 1. The van der Waals surface area contributed by atoms with Crippen molar-refractivity contribution in [1.82, 2.24) is 0 Å². The Morgan fingerprint density at radius 3 is 2.00 bits per heavy atom. The molecule has 0 saturated carbocycles. The molecule has 4 N–H and O–H groups in total. The molecule has 0 spiro atoms. The number of aromatic hydroxyl groups is 3. The van der Waals surface area contributed by atoms with Crippen molar-refractivity contribution >= 4 is 6.16 Å². The number of hydrogen-bond donors (Lipinski definition) is 4. The second-order valence-electron chi connectivity index (χ2n) is 2.18. The van der Waals surface area contributed by atoms with Crippen LogP contribution in [0.5, 0.6) is 23.0 Å². The summed E-state index contributed by atoms with van der Waals surface area (Å²) in [6.07, 6.45) is -1.58. The summed E-state index contributed by atoms with van der Waals surface area (Å²) in [5.74, 6) is -2.31. The fraction of sp³-hybridized carbons (Fsp3) is 0. The average molecular weight is 186 g/mol. The van der Waals surface area contributed by atoms with Crippen LogP contribution in [0, 0.1) is 0 Å². The third-order valence-corrected chi connectivity index (χ3v) is 1.25. The van der Waals surface area contributed by atoms with Crippen molar-refractivity contribution in [2.24, 2.45) is 0 Å². The second kappa shape index (κ2) is 3.10. The van der Waals surface area contributed by atoms with E-state index in [1.807, 2.05) is 0 Å². The summed E-state index contributed by atoms with van der Waals surface area (Å²) < 4.78 is 4.12. The van der Waals surface area contributed by atoms with Gasteiger partial charge in [0.1, 0.15) is 5.75 Å². The van der Waals surface area contributed by atoms with Crippen LogP contribution in [0.15, 0.2) is 12.1 Å². The van der Waals surface area contributed by atoms with Crippen LogP contribution >= 0.6 is 0 Å². The Balaban J connectivity index is 3.06. The molecule has 0 radical (unpaired) electrons. The maximum absolute atomic E-state index is 10.0. The van der Waals surface area contributed by atoms with E-state index in [1.54, 1.807) is 0 Å². The molecular weight excluding hydrogens is 180 g/mol. The number of phenolic OH excluding ortho intramolecular Hbond substituents is 3. The lowest BCUT2D eigenvalue weighted by Gasteiger charge is -2.03. The third kappa shape index (κ3) is 1.92. The molecule has 0 atom stereocenters. The zero-order valence-electron chi connectivity index (χ0n) is 6.26. The van der Waals surface area contributed by atoms with Crippen molar-refractivity contribution in [1.29, 1.82) is 0 Å². The maximum atomic E-state index is 10.0. The summed E-state index contributed by atoms with van der Waals surface area (Å²) in [5.41, 5.74) is 0. The number of phenols is 3. The Morgan fingerprint density at radius 2 is 1.62 bits per heavy atom. The summed E-state index contributed by atoms with van der Waals surface area (Å²) in [6, 6.07) is 1.73. The molecule has 1 aromatic carbocycles. The van der Waals surface area contributed by atoms with Crippen LogP contribution in [-0.2, 0) is 0 Å². The van der Waals surface area contributed by atoms with E-state index < -0.39 is 23.4 Å². The molecule has 6 nitrogen and oxygen atoms in total. The normalized spacial score (nSPS) is 9.54. The number of ether oxygens (including phenoxy) is 1. The molecule has 0 aliphatic carbocycles. The van der Waals surface area contributed by atoms with Gasteiger partial charge in [-0.05, 0) is 0 Å². The van der Waals surface area contributed by atoms with Crippen LogP contribution in [0.25, 0.3) is 0 Å². The van der Waals surface area contributed by atoms with Gasteiger partial charge >= 0.3 is 6.16 Å². The SMILES string of the molecule is O=C(O)Oc1cc(O)c(O)c(O)c1. The number of hydrogen-bond acceptors (Lipinski definition) is 5. The standard InChI is InChI=1S/C7H6O6/c8-4-1-3(13-7(11)12)2-5(9)6(4)10/h1-2,8-10H,(H,11,12). The minimum atomic E-state index is -1.58. The zero-order valence-corrected chi connectivity index (χ0v) is 6.26. The first-order valence-corrected chi connectivity index (χ1v) is 3.16. The molecule has 0 aromatic heterocycles. The molecule has 0 aliphatic rings. The van der Waals surface area contributed by atoms with Gasteiger partial charge in [0, 0.05) is 12.1 Å². The molecule has 1 rings (SSSR count). The van der Waals surface area contributed by atoms with E-state index in [-0.39, 0.29) is 5.75 Å². The summed E-state index contributed by atoms with van der Waals surface area (Å²) in [4.78, 5) is 10.0. The Hall–Kier alpha value is -2.11. The summed E-state index contributed by atoms with van der Waals surface area (Å²) in [5, 5.41) is 34.9. The smallest absolute Gasteiger partial charge is 0.504 e. The van der Waals surface area contributed by atoms with E-state index in [2.05, 4.69) is 4.74 Å². The Morgan fingerprint density at radius 1 is 1.15 bits per heavy atom. The third-order valence-electron chi connectivity index (χ3n) is 1.25. The van der Waals surface area contributed by atoms with Gasteiger partial charge in [0.05, 0.1) is 0 Å². The largest absolute Gasteiger partial charge is 0.511 e. The van der Waals surface area contributed by atoms with Crippen molar-refractivity contribution in [2.45, 2.75) is 0 Å². The van der Waals surface area contributed by atoms with E-state index in [4.69, 9.17) is 20.4 Å². The van der Waals surface area contributed by atoms with Gasteiger partial charge in [-0.1, -0.05) is 0 Å². The first-order valence-electron chi connectivity index (χ1n) is 3.16. The predicted octanol–water partition coefficient (Wildman–Crippen LogP) is 0.860. The van der Waals surface area contributed by atoms with Gasteiger partial charge < -0.3 is 25.2 Å². The summed E-state index contributed by atoms with van der Waals surface area (Å²) in [7, 11) is 0. The minimum absolute atomic E-state index is 0.277. The molecule has 0 aliphatic heterocycles. The van der Waals surface area contributed by atoms with Crippen LogP contribution in [0.3, 0.4) is 0 Å². The van der Waals surface area contributed by atoms with Crippen molar-refractivity contribution in [3.63, 3.8) is 0 Å². The van der Waals surface area contributed by atoms with E-state index in [0.29, 0.717) is 0 Å². The van der Waals surface area contributed by atoms with Crippen LogP contribution in [0.1, 0.15) is 0 Å². The quantitative estimate of drug-likeness (QED) is 0.294. The lowest BCUT2D eigenvalue weighted by atomic mass is 10.3. The van der Waals surface area contributed by atoms with Crippen molar-refractivity contribution in [3.8, 4) is 23.0 Å². The monoisotopic (exact) mass is 186 g/mol. The fourth-order valence-corrected chi connectivity index (χ4v) is 0.739. The molecule has 0 saturated heterocycles. The molecule has 0 unspecified atom stereocenters. The number of rotatable bonds is 1. The molecule has 0 bridgehead atoms. The Kier molecular flexibility index (Phi) is 2.14. The molecule has 13 heavy (non-hydrogen) atoms. The molecule has 0 heterocycles. The van der Waals surface area contributed by atoms with Gasteiger partial charge in [-0.25, -0.2) is 4.79 Å². The minimum Gasteiger partial charge on any atom is -0.504 e.